The minimum absolute atomic E-state index is 0.0135. The number of nitrogens with zero attached hydrogens (tertiary/aromatic N) is 11. The van der Waals surface area contributed by atoms with Crippen LogP contribution in [0.15, 0.2) is 59.9 Å². The molecule has 1 saturated heterocycles. The van der Waals surface area contributed by atoms with Gasteiger partial charge in [0.05, 0.1) is 109 Å². The van der Waals surface area contributed by atoms with Gasteiger partial charge in [-0.3, -0.25) is 28.7 Å². The van der Waals surface area contributed by atoms with E-state index in [9.17, 15) is 19.2 Å². The number of aliphatic imine (C=N–C) groups is 1. The first-order valence-electron chi connectivity index (χ1n) is 29.3. The number of carbonyl (C=O) groups is 4. The maximum Gasteiger partial charge on any atom is 0.277 e. The Morgan fingerprint density at radius 3 is 2.13 bits per heavy atom. The molecule has 4 N–H and O–H groups in total. The van der Waals surface area contributed by atoms with Gasteiger partial charge < -0.3 is 59.5 Å². The van der Waals surface area contributed by atoms with Crippen molar-refractivity contribution in [1.29, 1.82) is 0 Å². The van der Waals surface area contributed by atoms with Gasteiger partial charge in [-0.25, -0.2) is 14.6 Å². The summed E-state index contributed by atoms with van der Waals surface area (Å²) in [4.78, 5) is 73.3. The average molecular weight is 1240 g/mol. The molecule has 87 heavy (non-hydrogen) atoms. The normalized spacial score (nSPS) is 15.0. The van der Waals surface area contributed by atoms with Gasteiger partial charge in [-0.1, -0.05) is 35.9 Å². The third-order valence-electron chi connectivity index (χ3n) is 15.2. The van der Waals surface area contributed by atoms with Gasteiger partial charge in [-0.05, 0) is 95.0 Å². The molecule has 2 atom stereocenters. The highest BCUT2D eigenvalue weighted by Crippen LogP contribution is 2.40. The van der Waals surface area contributed by atoms with Crippen molar-refractivity contribution in [3.05, 3.63) is 116 Å². The molecule has 6 aromatic rings. The van der Waals surface area contributed by atoms with Crippen molar-refractivity contribution < 1.29 is 47.6 Å². The Morgan fingerprint density at radius 2 is 1.46 bits per heavy atom. The van der Waals surface area contributed by atoms with E-state index >= 15 is 0 Å². The molecule has 24 nitrogen and oxygen atoms in total. The molecule has 0 bridgehead atoms. The smallest absolute Gasteiger partial charge is 0.277 e. The third kappa shape index (κ3) is 17.6. The highest BCUT2D eigenvalue weighted by molar-refractivity contribution is 7.15. The van der Waals surface area contributed by atoms with Gasteiger partial charge in [-0.15, -0.1) is 21.5 Å². The van der Waals surface area contributed by atoms with E-state index in [4.69, 9.17) is 55.8 Å². The van der Waals surface area contributed by atoms with Crippen LogP contribution in [0.25, 0.3) is 16.0 Å². The lowest BCUT2D eigenvalue weighted by molar-refractivity contribution is -0.128. The predicted octanol–water partition coefficient (Wildman–Crippen LogP) is 5.98. The van der Waals surface area contributed by atoms with Gasteiger partial charge in [0.1, 0.15) is 29.0 Å². The standard InChI is InChI=1S/C61H81ClN14O10S/c1-39-40(2)48(18-15-45(39)35-52(79)72(6)7)68-60(80)56-54-57(63)65-38-66-59(54)76(71-56)47-11-9-21-74(37-47)51(78)12-10-20-73(8)22-24-82-26-28-84-30-32-86-34-33-85-31-29-83-27-25-81-23-19-64-50(77)36-49-58-70-69-43(5)75(58)61-53(41(3)42(4)87-61)55(67-49)44-13-16-46(62)17-14-44/h10,12-18,38,47,49H,9,11,19-37H2,1-8H3,(H,64,77)(H,68,80)(H2,63,65,66)/b12-10+/t47-,49+/m1/s1. The molecule has 4 aromatic heterocycles. The number of nitrogens with two attached hydrogens (primary N) is 1. The number of anilines is 2. The number of thiophene rings is 1. The number of benzene rings is 2. The van der Waals surface area contributed by atoms with Crippen LogP contribution in [0.5, 0.6) is 0 Å². The summed E-state index contributed by atoms with van der Waals surface area (Å²) >= 11 is 7.91. The van der Waals surface area contributed by atoms with Crippen LogP contribution in [-0.2, 0) is 49.2 Å². The second-order valence-corrected chi connectivity index (χ2v) is 23.2. The number of carbonyl (C=O) groups excluding carboxylic acids is 4. The Labute approximate surface area is 516 Å². The molecule has 0 saturated carbocycles. The van der Waals surface area contributed by atoms with E-state index in [-0.39, 0.29) is 48.1 Å². The van der Waals surface area contributed by atoms with Gasteiger partial charge in [0.2, 0.25) is 17.7 Å². The number of nitrogens with one attached hydrogen (secondary N) is 2. The zero-order valence-electron chi connectivity index (χ0n) is 51.1. The highest BCUT2D eigenvalue weighted by atomic mass is 35.5. The third-order valence-corrected chi connectivity index (χ3v) is 16.7. The summed E-state index contributed by atoms with van der Waals surface area (Å²) < 4.78 is 37.7. The molecule has 2 aliphatic rings. The van der Waals surface area contributed by atoms with Crippen LogP contribution in [0.4, 0.5) is 11.5 Å². The predicted molar refractivity (Wildman–Crippen MR) is 333 cm³/mol. The van der Waals surface area contributed by atoms with Gasteiger partial charge in [-0.2, -0.15) is 5.10 Å². The molecule has 0 aliphatic carbocycles. The minimum Gasteiger partial charge on any atom is -0.383 e. The molecule has 4 amide bonds. The van der Waals surface area contributed by atoms with Crippen LogP contribution >= 0.6 is 22.9 Å². The molecule has 0 spiro atoms. The maximum atomic E-state index is 13.9. The lowest BCUT2D eigenvalue weighted by atomic mass is 9.98. The SMILES string of the molecule is Cc1sc2c(c1C)C(c1ccc(Cl)cc1)=N[C@@H](CC(=O)NCCOCCOCCOCCOCCOCCOCCN(C)C/C=C/C(=O)N1CCC[C@@H](n3nc(C(=O)Nc4ccc(CC(=O)N(C)C)c(C)c4C)c4c(N)ncnc43)C1)c1nnc(C)n1-2. The van der Waals surface area contributed by atoms with Crippen molar-refractivity contribution in [3.8, 4) is 5.00 Å². The summed E-state index contributed by atoms with van der Waals surface area (Å²) in [6, 6.07) is 10.4. The number of rotatable bonds is 32. The number of likely N-dealkylation sites (tertiary alicyclic amines) is 1. The lowest BCUT2D eigenvalue weighted by Gasteiger charge is -2.32. The van der Waals surface area contributed by atoms with Crippen LogP contribution in [0.1, 0.15) is 91.7 Å². The Bertz CT molecular complexity index is 3380. The van der Waals surface area contributed by atoms with E-state index in [1.54, 1.807) is 52.1 Å². The highest BCUT2D eigenvalue weighted by Gasteiger charge is 2.33. The molecule has 468 valence electrons. The quantitative estimate of drug-likeness (QED) is 0.0324. The van der Waals surface area contributed by atoms with Crippen LogP contribution in [0.2, 0.25) is 5.02 Å². The second kappa shape index (κ2) is 32.2. The van der Waals surface area contributed by atoms with Crippen molar-refractivity contribution in [3.63, 3.8) is 0 Å². The number of likely N-dealkylation sites (N-methyl/N-ethyl adjacent to an activating group) is 2. The topological polar surface area (TPSA) is 270 Å². The van der Waals surface area contributed by atoms with Gasteiger partial charge in [0, 0.05) is 79.6 Å². The lowest BCUT2D eigenvalue weighted by Crippen LogP contribution is -2.40. The zero-order chi connectivity index (χ0) is 62.0. The molecular formula is C61H81ClN14O10S. The summed E-state index contributed by atoms with van der Waals surface area (Å²) in [5, 5.41) is 21.5. The Balaban J connectivity index is 0.622. The molecule has 1 fully saturated rings. The van der Waals surface area contributed by atoms with E-state index in [0.29, 0.717) is 140 Å². The first kappa shape index (κ1) is 65.9. The van der Waals surface area contributed by atoms with Crippen LogP contribution in [-0.4, -0.2) is 212 Å². The molecule has 8 rings (SSSR count). The van der Waals surface area contributed by atoms with Gasteiger partial charge in [0.15, 0.2) is 17.2 Å². The number of hydrogen-bond acceptors (Lipinski definition) is 19. The first-order chi connectivity index (χ1) is 42.0. The Hall–Kier alpha value is -7.07. The number of aryl methyl sites for hydroxylation is 2. The molecule has 0 radical (unpaired) electrons. The second-order valence-electron chi connectivity index (χ2n) is 21.6. The summed E-state index contributed by atoms with van der Waals surface area (Å²) in [5.41, 5.74) is 13.9. The number of nitrogen functional groups attached to an aromatic ring is 1. The van der Waals surface area contributed by atoms with E-state index < -0.39 is 11.9 Å². The summed E-state index contributed by atoms with van der Waals surface area (Å²) in [6.45, 7) is 17.5. The monoisotopic (exact) mass is 1240 g/mol. The number of amides is 4. The van der Waals surface area contributed by atoms with Gasteiger partial charge in [0.25, 0.3) is 5.91 Å². The van der Waals surface area contributed by atoms with Crippen LogP contribution in [0, 0.1) is 34.6 Å². The largest absolute Gasteiger partial charge is 0.383 e. The van der Waals surface area contributed by atoms with Crippen molar-refractivity contribution in [2.24, 2.45) is 4.99 Å². The van der Waals surface area contributed by atoms with Crippen molar-refractivity contribution in [2.45, 2.75) is 72.4 Å². The van der Waals surface area contributed by atoms with Crippen molar-refractivity contribution in [1.82, 2.24) is 54.5 Å². The van der Waals surface area contributed by atoms with E-state index in [2.05, 4.69) is 49.5 Å². The summed E-state index contributed by atoms with van der Waals surface area (Å²) in [5.74, 6) is 0.735. The minimum atomic E-state index is -0.551. The van der Waals surface area contributed by atoms with E-state index in [1.807, 2.05) is 68.8 Å². The number of aromatic nitrogens is 7. The zero-order valence-corrected chi connectivity index (χ0v) is 52.6. The van der Waals surface area contributed by atoms with E-state index in [0.717, 1.165) is 62.8 Å². The first-order valence-corrected chi connectivity index (χ1v) is 30.5. The molecule has 2 aliphatic heterocycles. The number of hydrogen-bond donors (Lipinski definition) is 3. The Kier molecular flexibility index (Phi) is 24.4. The van der Waals surface area contributed by atoms with Gasteiger partial charge >= 0.3 is 0 Å². The molecular weight excluding hydrogens is 1160 g/mol. The molecule has 0 unspecified atom stereocenters. The fourth-order valence-corrected chi connectivity index (χ4v) is 11.4. The number of piperidine rings is 1. The number of halogens is 1. The number of ether oxygens (including phenoxy) is 6. The summed E-state index contributed by atoms with van der Waals surface area (Å²) in [7, 11) is 5.41. The fraction of sp³-hybridized carbons (Fsp3) is 0.508. The van der Waals surface area contributed by atoms with E-state index in [1.165, 1.54) is 11.2 Å². The maximum absolute atomic E-state index is 13.9. The fourth-order valence-electron chi connectivity index (χ4n) is 10.1. The number of fused-ring (bicyclic) bond motifs is 4. The van der Waals surface area contributed by atoms with Crippen LogP contribution in [0.3, 0.4) is 0 Å². The molecule has 26 heteroatoms. The molecule has 2 aromatic carbocycles. The van der Waals surface area contributed by atoms with Crippen LogP contribution < -0.4 is 16.4 Å². The van der Waals surface area contributed by atoms with Crippen molar-refractivity contribution in [2.75, 3.05) is 144 Å². The summed E-state index contributed by atoms with van der Waals surface area (Å²) in [6.07, 6.45) is 6.61. The molecule has 6 heterocycles. The Morgan fingerprint density at radius 1 is 0.805 bits per heavy atom. The van der Waals surface area contributed by atoms with Crippen molar-refractivity contribution >= 4 is 74.8 Å². The average Bonchev–Trinajstić information content (AvgIpc) is 1.79.